The molecular formula is C30H38N4O6. The Kier molecular flexibility index (Phi) is 10.1. The van der Waals surface area contributed by atoms with Crippen LogP contribution in [-0.4, -0.2) is 90.0 Å². The summed E-state index contributed by atoms with van der Waals surface area (Å²) in [5.41, 5.74) is 1.13. The van der Waals surface area contributed by atoms with Crippen LogP contribution in [0.15, 0.2) is 54.6 Å². The van der Waals surface area contributed by atoms with Gasteiger partial charge < -0.3 is 30.3 Å². The molecule has 2 aromatic rings. The Labute approximate surface area is 234 Å². The number of para-hydroxylation sites is 1. The lowest BCUT2D eigenvalue weighted by molar-refractivity contribution is -0.139. The third-order valence-electron chi connectivity index (χ3n) is 7.54. The maximum Gasteiger partial charge on any atom is 0.255 e. The number of ether oxygens (including phenoxy) is 1. The van der Waals surface area contributed by atoms with E-state index in [2.05, 4.69) is 10.6 Å². The van der Waals surface area contributed by atoms with Crippen LogP contribution >= 0.6 is 0 Å². The van der Waals surface area contributed by atoms with Crippen molar-refractivity contribution in [2.75, 3.05) is 39.4 Å². The van der Waals surface area contributed by atoms with E-state index in [0.29, 0.717) is 38.2 Å². The largest absolute Gasteiger partial charge is 0.491 e. The van der Waals surface area contributed by atoms with Crippen molar-refractivity contribution in [2.45, 2.75) is 44.7 Å². The number of likely N-dealkylation sites (tertiary alicyclic amines) is 1. The maximum absolute atomic E-state index is 13.6. The number of aliphatic hydroxyl groups is 1. The fraction of sp³-hybridized carbons (Fsp3) is 0.467. The van der Waals surface area contributed by atoms with Gasteiger partial charge >= 0.3 is 0 Å². The molecule has 10 heteroatoms. The number of fused-ring (bicyclic) bond motifs is 1. The summed E-state index contributed by atoms with van der Waals surface area (Å²) in [4.78, 5) is 57.2. The Balaban J connectivity index is 1.63. The van der Waals surface area contributed by atoms with Gasteiger partial charge in [0.1, 0.15) is 24.4 Å². The summed E-state index contributed by atoms with van der Waals surface area (Å²) in [6, 6.07) is 14.1. The molecule has 3 N–H and O–H groups in total. The lowest BCUT2D eigenvalue weighted by Crippen LogP contribution is -2.55. The number of rotatable bonds is 5. The van der Waals surface area contributed by atoms with E-state index in [1.54, 1.807) is 34.1 Å². The molecular weight excluding hydrogens is 512 g/mol. The van der Waals surface area contributed by atoms with Gasteiger partial charge in [-0.3, -0.25) is 19.2 Å². The summed E-state index contributed by atoms with van der Waals surface area (Å²) < 4.78 is 5.93. The molecule has 0 radical (unpaired) electrons. The van der Waals surface area contributed by atoms with Gasteiger partial charge in [-0.2, -0.15) is 0 Å². The van der Waals surface area contributed by atoms with Crippen LogP contribution in [0.2, 0.25) is 0 Å². The van der Waals surface area contributed by atoms with Gasteiger partial charge in [0.2, 0.25) is 17.7 Å². The van der Waals surface area contributed by atoms with Gasteiger partial charge in [-0.05, 0) is 43.4 Å². The molecule has 0 aromatic heterocycles. The number of carbonyl (C=O) groups excluding carboxylic acids is 4. The number of piperidine rings is 1. The molecule has 2 aliphatic heterocycles. The van der Waals surface area contributed by atoms with Crippen LogP contribution in [0.4, 0.5) is 0 Å². The van der Waals surface area contributed by atoms with Gasteiger partial charge in [0.25, 0.3) is 5.91 Å². The molecule has 0 aliphatic carbocycles. The van der Waals surface area contributed by atoms with Crippen LogP contribution in [-0.2, 0) is 20.8 Å². The average Bonchev–Trinajstić information content (AvgIpc) is 2.98. The quantitative estimate of drug-likeness (QED) is 0.516. The van der Waals surface area contributed by atoms with Crippen LogP contribution in [0.25, 0.3) is 0 Å². The topological polar surface area (TPSA) is 128 Å². The van der Waals surface area contributed by atoms with Crippen molar-refractivity contribution in [3.63, 3.8) is 0 Å². The zero-order valence-electron chi connectivity index (χ0n) is 22.9. The molecule has 2 atom stereocenters. The number of hydrogen-bond donors (Lipinski definition) is 3. The number of hydrogen-bond acceptors (Lipinski definition) is 6. The molecule has 0 unspecified atom stereocenters. The first-order valence-corrected chi connectivity index (χ1v) is 13.9. The molecule has 10 nitrogen and oxygen atoms in total. The molecule has 0 saturated carbocycles. The summed E-state index contributed by atoms with van der Waals surface area (Å²) in [6.45, 7) is 3.62. The summed E-state index contributed by atoms with van der Waals surface area (Å²) >= 11 is 0. The molecule has 4 rings (SSSR count). The number of nitrogens with zero attached hydrogens (tertiary/aromatic N) is 2. The number of carbonyl (C=O) groups is 4. The summed E-state index contributed by atoms with van der Waals surface area (Å²) in [5, 5.41) is 15.1. The van der Waals surface area contributed by atoms with E-state index in [-0.39, 0.29) is 55.9 Å². The van der Waals surface area contributed by atoms with Crippen LogP contribution in [0.3, 0.4) is 0 Å². The minimum absolute atomic E-state index is 0.0625. The van der Waals surface area contributed by atoms with E-state index in [0.717, 1.165) is 5.56 Å². The van der Waals surface area contributed by atoms with E-state index in [4.69, 9.17) is 4.74 Å². The second-order valence-electron chi connectivity index (χ2n) is 10.3. The second-order valence-corrected chi connectivity index (χ2v) is 10.3. The molecule has 2 heterocycles. The molecule has 1 fully saturated rings. The number of benzene rings is 2. The zero-order valence-corrected chi connectivity index (χ0v) is 22.9. The van der Waals surface area contributed by atoms with Gasteiger partial charge in [-0.1, -0.05) is 42.5 Å². The minimum atomic E-state index is -1.14. The van der Waals surface area contributed by atoms with Crippen molar-refractivity contribution in [1.82, 2.24) is 20.4 Å². The zero-order chi connectivity index (χ0) is 28.5. The van der Waals surface area contributed by atoms with E-state index in [9.17, 15) is 24.3 Å². The fourth-order valence-corrected chi connectivity index (χ4v) is 5.17. The van der Waals surface area contributed by atoms with Crippen molar-refractivity contribution in [3.8, 4) is 5.75 Å². The molecule has 0 spiro atoms. The summed E-state index contributed by atoms with van der Waals surface area (Å²) in [5.74, 6) is -1.18. The lowest BCUT2D eigenvalue weighted by atomic mass is 9.97. The monoisotopic (exact) mass is 550 g/mol. The van der Waals surface area contributed by atoms with E-state index in [1.165, 1.54) is 0 Å². The number of likely N-dealkylation sites (N-methyl/N-ethyl adjacent to an activating group) is 1. The lowest BCUT2D eigenvalue weighted by Gasteiger charge is -2.34. The summed E-state index contributed by atoms with van der Waals surface area (Å²) in [6.07, 6.45) is 1.25. The predicted molar refractivity (Wildman–Crippen MR) is 149 cm³/mol. The minimum Gasteiger partial charge on any atom is -0.491 e. The number of aliphatic hydroxyl groups excluding tert-OH is 1. The standard InChI is InChI=1S/C30H38N4O6/c1-2-33-16-17-40-26-11-7-6-10-23(26)28(37)32-25(30(39)34-14-12-22(20-35)13-15-34)19-27(36)31-24(29(33)38)18-21-8-4-3-5-9-21/h3-11,22,24-25,35H,2,12-20H2,1H3,(H,31,36)(H,32,37)/t24-,25-/m0/s1. The van der Waals surface area contributed by atoms with Gasteiger partial charge in [-0.15, -0.1) is 0 Å². The third kappa shape index (κ3) is 7.38. The van der Waals surface area contributed by atoms with Crippen LogP contribution < -0.4 is 15.4 Å². The van der Waals surface area contributed by atoms with Gasteiger partial charge in [0.05, 0.1) is 18.5 Å². The Morgan fingerprint density at radius 3 is 2.38 bits per heavy atom. The Hall–Kier alpha value is -3.92. The van der Waals surface area contributed by atoms with Crippen molar-refractivity contribution in [1.29, 1.82) is 0 Å². The highest BCUT2D eigenvalue weighted by Crippen LogP contribution is 2.21. The Morgan fingerprint density at radius 1 is 0.975 bits per heavy atom. The van der Waals surface area contributed by atoms with Crippen molar-refractivity contribution in [3.05, 3.63) is 65.7 Å². The first-order valence-electron chi connectivity index (χ1n) is 13.9. The number of nitrogens with one attached hydrogen (secondary N) is 2. The molecule has 40 heavy (non-hydrogen) atoms. The molecule has 0 bridgehead atoms. The first-order chi connectivity index (χ1) is 19.4. The van der Waals surface area contributed by atoms with E-state index >= 15 is 0 Å². The van der Waals surface area contributed by atoms with Gasteiger partial charge in [0, 0.05) is 32.7 Å². The summed E-state index contributed by atoms with van der Waals surface area (Å²) in [7, 11) is 0. The Morgan fingerprint density at radius 2 is 1.68 bits per heavy atom. The van der Waals surface area contributed by atoms with Gasteiger partial charge in [0.15, 0.2) is 0 Å². The third-order valence-corrected chi connectivity index (χ3v) is 7.54. The molecule has 2 aliphatic rings. The highest BCUT2D eigenvalue weighted by molar-refractivity contribution is 6.01. The molecule has 1 saturated heterocycles. The smallest absolute Gasteiger partial charge is 0.255 e. The van der Waals surface area contributed by atoms with Crippen LogP contribution in [0.5, 0.6) is 5.75 Å². The maximum atomic E-state index is 13.6. The van der Waals surface area contributed by atoms with E-state index in [1.807, 2.05) is 37.3 Å². The van der Waals surface area contributed by atoms with Crippen molar-refractivity contribution >= 4 is 23.6 Å². The van der Waals surface area contributed by atoms with Gasteiger partial charge in [-0.25, -0.2) is 0 Å². The number of amides is 4. The second kappa shape index (κ2) is 13.9. The normalized spacial score (nSPS) is 21.5. The van der Waals surface area contributed by atoms with Crippen LogP contribution in [0.1, 0.15) is 42.1 Å². The average molecular weight is 551 g/mol. The SMILES string of the molecule is CCN1CCOc2ccccc2C(=O)N[C@H](C(=O)N2CCC(CO)CC2)CC(=O)N[C@@H](Cc2ccccc2)C1=O. The van der Waals surface area contributed by atoms with E-state index < -0.39 is 23.9 Å². The van der Waals surface area contributed by atoms with Crippen molar-refractivity contribution in [2.24, 2.45) is 5.92 Å². The Bertz CT molecular complexity index is 1180. The predicted octanol–water partition coefficient (Wildman–Crippen LogP) is 1.37. The molecule has 4 amide bonds. The molecule has 2 aromatic carbocycles. The highest BCUT2D eigenvalue weighted by atomic mass is 16.5. The highest BCUT2D eigenvalue weighted by Gasteiger charge is 2.33. The fourth-order valence-electron chi connectivity index (χ4n) is 5.17. The first kappa shape index (κ1) is 29.1. The molecule has 214 valence electrons. The van der Waals surface area contributed by atoms with Crippen molar-refractivity contribution < 1.29 is 29.0 Å². The van der Waals surface area contributed by atoms with Crippen LogP contribution in [0, 0.1) is 5.92 Å².